The van der Waals surface area contributed by atoms with Crippen molar-refractivity contribution in [2.45, 2.75) is 45.8 Å². The molecule has 0 aromatic heterocycles. The third-order valence-electron chi connectivity index (χ3n) is 5.60. The summed E-state index contributed by atoms with van der Waals surface area (Å²) in [6.45, 7) is 15.6. The molecule has 2 aliphatic heterocycles. The minimum atomic E-state index is -0.354. The molecule has 0 atom stereocenters. The van der Waals surface area contributed by atoms with E-state index >= 15 is 0 Å². The van der Waals surface area contributed by atoms with Gasteiger partial charge < -0.3 is 18.8 Å². The average Bonchev–Trinajstić information content (AvgIpc) is 2.78. The van der Waals surface area contributed by atoms with Crippen LogP contribution in [0.1, 0.15) is 33.3 Å². The molecule has 0 N–H and O–H groups in total. The van der Waals surface area contributed by atoms with Gasteiger partial charge in [0.25, 0.3) is 0 Å². The summed E-state index contributed by atoms with van der Waals surface area (Å²) in [6.07, 6.45) is 0. The SMILES string of the molecule is Cc1c(OCCN2CCOCC2)cccc1B1OC(C)(C)C(C)(C)O1. The molecule has 2 saturated heterocycles. The summed E-state index contributed by atoms with van der Waals surface area (Å²) in [5.74, 6) is 0.903. The number of ether oxygens (including phenoxy) is 2. The third-order valence-corrected chi connectivity index (χ3v) is 5.60. The Kier molecular flexibility index (Phi) is 5.44. The van der Waals surface area contributed by atoms with E-state index in [1.165, 1.54) is 0 Å². The highest BCUT2D eigenvalue weighted by molar-refractivity contribution is 6.62. The predicted molar refractivity (Wildman–Crippen MR) is 99.6 cm³/mol. The Balaban J connectivity index is 1.64. The van der Waals surface area contributed by atoms with Gasteiger partial charge in [0.15, 0.2) is 0 Å². The molecule has 0 saturated carbocycles. The lowest BCUT2D eigenvalue weighted by molar-refractivity contribution is 0.00578. The van der Waals surface area contributed by atoms with E-state index in [-0.39, 0.29) is 18.3 Å². The molecule has 0 aliphatic carbocycles. The van der Waals surface area contributed by atoms with E-state index in [4.69, 9.17) is 18.8 Å². The lowest BCUT2D eigenvalue weighted by Gasteiger charge is -2.32. The minimum Gasteiger partial charge on any atom is -0.492 e. The van der Waals surface area contributed by atoms with Gasteiger partial charge in [-0.05, 0) is 51.7 Å². The van der Waals surface area contributed by atoms with Crippen molar-refractivity contribution in [1.29, 1.82) is 0 Å². The topological polar surface area (TPSA) is 40.2 Å². The Labute approximate surface area is 151 Å². The Morgan fingerprint density at radius 3 is 2.36 bits per heavy atom. The molecule has 6 heteroatoms. The summed E-state index contributed by atoms with van der Waals surface area (Å²) in [6, 6.07) is 6.09. The lowest BCUT2D eigenvalue weighted by atomic mass is 9.76. The van der Waals surface area contributed by atoms with Gasteiger partial charge in [-0.15, -0.1) is 0 Å². The highest BCUT2D eigenvalue weighted by Crippen LogP contribution is 2.37. The van der Waals surface area contributed by atoms with Crippen LogP contribution in [-0.4, -0.2) is 62.7 Å². The van der Waals surface area contributed by atoms with Crippen molar-refractivity contribution >= 4 is 12.6 Å². The fourth-order valence-electron chi connectivity index (χ4n) is 3.12. The van der Waals surface area contributed by atoms with Crippen LogP contribution >= 0.6 is 0 Å². The van der Waals surface area contributed by atoms with Crippen molar-refractivity contribution in [3.63, 3.8) is 0 Å². The molecule has 2 heterocycles. The van der Waals surface area contributed by atoms with Crippen LogP contribution < -0.4 is 10.2 Å². The van der Waals surface area contributed by atoms with Crippen LogP contribution in [0.25, 0.3) is 0 Å². The Bertz CT molecular complexity index is 583. The number of hydrogen-bond acceptors (Lipinski definition) is 5. The van der Waals surface area contributed by atoms with Crippen LogP contribution in [0.2, 0.25) is 0 Å². The fourth-order valence-corrected chi connectivity index (χ4v) is 3.12. The van der Waals surface area contributed by atoms with Gasteiger partial charge in [0.1, 0.15) is 12.4 Å². The Hall–Kier alpha value is -1.08. The van der Waals surface area contributed by atoms with E-state index in [0.717, 1.165) is 49.6 Å². The number of morpholine rings is 1. The zero-order chi connectivity index (χ0) is 18.1. The molecule has 1 aromatic rings. The summed E-state index contributed by atoms with van der Waals surface area (Å²) in [5.41, 5.74) is 1.46. The summed E-state index contributed by atoms with van der Waals surface area (Å²) < 4.78 is 23.8. The average molecular weight is 347 g/mol. The molecule has 0 unspecified atom stereocenters. The monoisotopic (exact) mass is 347 g/mol. The van der Waals surface area contributed by atoms with Crippen molar-refractivity contribution in [3.05, 3.63) is 23.8 Å². The molecule has 0 radical (unpaired) electrons. The molecule has 1 aromatic carbocycles. The van der Waals surface area contributed by atoms with Crippen LogP contribution in [0.4, 0.5) is 0 Å². The highest BCUT2D eigenvalue weighted by Gasteiger charge is 2.52. The van der Waals surface area contributed by atoms with Crippen molar-refractivity contribution in [2.24, 2.45) is 0 Å². The first-order chi connectivity index (χ1) is 11.8. The second-order valence-corrected chi connectivity index (χ2v) is 7.86. The second-order valence-electron chi connectivity index (χ2n) is 7.86. The van der Waals surface area contributed by atoms with E-state index in [2.05, 4.69) is 45.6 Å². The van der Waals surface area contributed by atoms with Gasteiger partial charge >= 0.3 is 7.12 Å². The summed E-state index contributed by atoms with van der Waals surface area (Å²) in [5, 5.41) is 0. The van der Waals surface area contributed by atoms with E-state index in [1.807, 2.05) is 12.1 Å². The van der Waals surface area contributed by atoms with E-state index in [9.17, 15) is 0 Å². The van der Waals surface area contributed by atoms with Gasteiger partial charge in [0, 0.05) is 19.6 Å². The van der Waals surface area contributed by atoms with Gasteiger partial charge in [-0.2, -0.15) is 0 Å². The zero-order valence-corrected chi connectivity index (χ0v) is 16.1. The van der Waals surface area contributed by atoms with Crippen LogP contribution in [0.3, 0.4) is 0 Å². The molecule has 0 spiro atoms. The Morgan fingerprint density at radius 2 is 1.72 bits per heavy atom. The molecular weight excluding hydrogens is 317 g/mol. The first-order valence-electron chi connectivity index (χ1n) is 9.18. The highest BCUT2D eigenvalue weighted by atomic mass is 16.7. The maximum absolute atomic E-state index is 6.19. The molecule has 0 amide bonds. The maximum Gasteiger partial charge on any atom is 0.495 e. The van der Waals surface area contributed by atoms with Crippen molar-refractivity contribution in [1.82, 2.24) is 4.90 Å². The second kappa shape index (κ2) is 7.27. The van der Waals surface area contributed by atoms with Crippen LogP contribution in [0, 0.1) is 6.92 Å². The molecule has 0 bridgehead atoms. The fraction of sp³-hybridized carbons (Fsp3) is 0.684. The van der Waals surface area contributed by atoms with Gasteiger partial charge in [0.2, 0.25) is 0 Å². The summed E-state index contributed by atoms with van der Waals surface area (Å²) in [7, 11) is -0.354. The zero-order valence-electron chi connectivity index (χ0n) is 16.1. The van der Waals surface area contributed by atoms with Crippen LogP contribution in [0.15, 0.2) is 18.2 Å². The quantitative estimate of drug-likeness (QED) is 0.762. The third kappa shape index (κ3) is 4.03. The molecule has 138 valence electrons. The lowest BCUT2D eigenvalue weighted by Crippen LogP contribution is -2.41. The van der Waals surface area contributed by atoms with Crippen LogP contribution in [-0.2, 0) is 14.0 Å². The van der Waals surface area contributed by atoms with Crippen LogP contribution in [0.5, 0.6) is 5.75 Å². The van der Waals surface area contributed by atoms with E-state index in [0.29, 0.717) is 6.61 Å². The number of benzene rings is 1. The maximum atomic E-state index is 6.19. The molecule has 3 rings (SSSR count). The van der Waals surface area contributed by atoms with E-state index < -0.39 is 0 Å². The Morgan fingerprint density at radius 1 is 1.08 bits per heavy atom. The predicted octanol–water partition coefficient (Wildman–Crippen LogP) is 2.01. The first-order valence-corrected chi connectivity index (χ1v) is 9.18. The van der Waals surface area contributed by atoms with Gasteiger partial charge in [-0.3, -0.25) is 4.90 Å². The standard InChI is InChI=1S/C19H30BNO4/c1-15-16(20-24-18(2,3)19(4,5)25-20)7-6-8-17(15)23-14-11-21-9-12-22-13-10-21/h6-8H,9-14H2,1-5H3. The van der Waals surface area contributed by atoms with Crippen molar-refractivity contribution in [3.8, 4) is 5.75 Å². The van der Waals surface area contributed by atoms with Crippen molar-refractivity contribution < 1.29 is 18.8 Å². The molecule has 2 fully saturated rings. The van der Waals surface area contributed by atoms with Gasteiger partial charge in [-0.1, -0.05) is 12.1 Å². The number of rotatable bonds is 5. The normalized spacial score (nSPS) is 23.0. The molecule has 25 heavy (non-hydrogen) atoms. The van der Waals surface area contributed by atoms with Crippen molar-refractivity contribution in [2.75, 3.05) is 39.5 Å². The molecule has 2 aliphatic rings. The first kappa shape index (κ1) is 18.7. The molecule has 5 nitrogen and oxygen atoms in total. The van der Waals surface area contributed by atoms with Gasteiger partial charge in [0.05, 0.1) is 24.4 Å². The minimum absolute atomic E-state index is 0.336. The van der Waals surface area contributed by atoms with E-state index in [1.54, 1.807) is 0 Å². The summed E-state index contributed by atoms with van der Waals surface area (Å²) >= 11 is 0. The number of hydrogen-bond donors (Lipinski definition) is 0. The van der Waals surface area contributed by atoms with Gasteiger partial charge in [-0.25, -0.2) is 0 Å². The summed E-state index contributed by atoms with van der Waals surface area (Å²) in [4.78, 5) is 2.37. The largest absolute Gasteiger partial charge is 0.495 e. The smallest absolute Gasteiger partial charge is 0.492 e. The molecular formula is C19H30BNO4. The number of nitrogens with zero attached hydrogens (tertiary/aromatic N) is 1.